The van der Waals surface area contributed by atoms with E-state index in [0.29, 0.717) is 10.9 Å². The third kappa shape index (κ3) is 2.41. The van der Waals surface area contributed by atoms with Crippen molar-refractivity contribution in [1.29, 1.82) is 0 Å². The third-order valence-corrected chi connectivity index (χ3v) is 4.29. The summed E-state index contributed by atoms with van der Waals surface area (Å²) in [6, 6.07) is 9.61. The van der Waals surface area contributed by atoms with E-state index in [9.17, 15) is 9.18 Å². The lowest BCUT2D eigenvalue weighted by atomic mass is 10.1. The van der Waals surface area contributed by atoms with Crippen LogP contribution in [0, 0.1) is 5.82 Å². The molecule has 4 nitrogen and oxygen atoms in total. The van der Waals surface area contributed by atoms with E-state index in [4.69, 9.17) is 4.42 Å². The smallest absolute Gasteiger partial charge is 0.344 e. The third-order valence-electron chi connectivity index (χ3n) is 3.65. The molecule has 0 unspecified atom stereocenters. The van der Waals surface area contributed by atoms with Gasteiger partial charge in [-0.15, -0.1) is 11.8 Å². The summed E-state index contributed by atoms with van der Waals surface area (Å²) in [6.45, 7) is 0. The Morgan fingerprint density at radius 1 is 1.22 bits per heavy atom. The van der Waals surface area contributed by atoms with Gasteiger partial charge in [-0.2, -0.15) is 0 Å². The predicted octanol–water partition coefficient (Wildman–Crippen LogP) is 3.97. The molecule has 0 atom stereocenters. The van der Waals surface area contributed by atoms with E-state index < -0.39 is 11.4 Å². The average Bonchev–Trinajstić information content (AvgIpc) is 2.96. The first-order chi connectivity index (χ1) is 11.1. The van der Waals surface area contributed by atoms with Gasteiger partial charge in [0.05, 0.1) is 10.6 Å². The topological polar surface area (TPSA) is 47.5 Å². The van der Waals surface area contributed by atoms with E-state index in [-0.39, 0.29) is 5.58 Å². The average molecular weight is 326 g/mol. The summed E-state index contributed by atoms with van der Waals surface area (Å²) in [5.41, 5.74) is 1.65. The first-order valence-corrected chi connectivity index (χ1v) is 8.13. The van der Waals surface area contributed by atoms with E-state index in [1.165, 1.54) is 12.1 Å². The van der Waals surface area contributed by atoms with E-state index in [1.54, 1.807) is 23.9 Å². The fourth-order valence-corrected chi connectivity index (χ4v) is 2.90. The van der Waals surface area contributed by atoms with Gasteiger partial charge in [0.15, 0.2) is 0 Å². The van der Waals surface area contributed by atoms with Crippen molar-refractivity contribution in [2.24, 2.45) is 0 Å². The van der Waals surface area contributed by atoms with Crippen molar-refractivity contribution in [2.45, 2.75) is 5.03 Å². The van der Waals surface area contributed by atoms with Gasteiger partial charge in [0.2, 0.25) is 0 Å². The molecule has 1 aromatic carbocycles. The molecular weight excluding hydrogens is 315 g/mol. The number of rotatable bonds is 2. The Morgan fingerprint density at radius 2 is 2.09 bits per heavy atom. The molecule has 0 aliphatic rings. The highest BCUT2D eigenvalue weighted by atomic mass is 32.2. The van der Waals surface area contributed by atoms with Crippen molar-refractivity contribution in [3.05, 3.63) is 65.0 Å². The van der Waals surface area contributed by atoms with Crippen LogP contribution in [0.15, 0.2) is 63.0 Å². The van der Waals surface area contributed by atoms with Crippen LogP contribution in [0.25, 0.3) is 27.7 Å². The molecular formula is C17H11FN2O2S. The quantitative estimate of drug-likeness (QED) is 0.318. The number of hydrogen-bond acceptors (Lipinski definition) is 4. The molecule has 0 saturated heterocycles. The summed E-state index contributed by atoms with van der Waals surface area (Å²) in [5, 5.41) is 1.58. The zero-order valence-electron chi connectivity index (χ0n) is 12.1. The molecule has 0 N–H and O–H groups in total. The molecule has 3 heterocycles. The van der Waals surface area contributed by atoms with Gasteiger partial charge in [0.25, 0.3) is 0 Å². The van der Waals surface area contributed by atoms with Crippen molar-refractivity contribution in [1.82, 2.24) is 9.38 Å². The first kappa shape index (κ1) is 14.0. The fourth-order valence-electron chi connectivity index (χ4n) is 2.52. The van der Waals surface area contributed by atoms with E-state index in [2.05, 4.69) is 4.98 Å². The predicted molar refractivity (Wildman–Crippen MR) is 88.4 cm³/mol. The monoisotopic (exact) mass is 326 g/mol. The Kier molecular flexibility index (Phi) is 3.20. The SMILES string of the molecule is CSc1ccn2cc(-c3cc4ccc(F)cc4oc3=O)cc2n1. The molecule has 6 heteroatoms. The Morgan fingerprint density at radius 3 is 2.91 bits per heavy atom. The summed E-state index contributed by atoms with van der Waals surface area (Å²) in [4.78, 5) is 16.7. The maximum atomic E-state index is 13.2. The molecule has 23 heavy (non-hydrogen) atoms. The molecule has 0 spiro atoms. The molecule has 0 saturated carbocycles. The van der Waals surface area contributed by atoms with Crippen molar-refractivity contribution in [3.63, 3.8) is 0 Å². The van der Waals surface area contributed by atoms with Gasteiger partial charge < -0.3 is 8.82 Å². The van der Waals surface area contributed by atoms with Crippen molar-refractivity contribution >= 4 is 28.4 Å². The van der Waals surface area contributed by atoms with Crippen molar-refractivity contribution in [3.8, 4) is 11.1 Å². The van der Waals surface area contributed by atoms with Gasteiger partial charge in [0.1, 0.15) is 17.0 Å². The molecule has 0 aliphatic carbocycles. The maximum Gasteiger partial charge on any atom is 0.344 e. The minimum atomic E-state index is -0.496. The minimum Gasteiger partial charge on any atom is -0.422 e. The summed E-state index contributed by atoms with van der Waals surface area (Å²) in [7, 11) is 0. The highest BCUT2D eigenvalue weighted by molar-refractivity contribution is 7.98. The van der Waals surface area contributed by atoms with Crippen LogP contribution in [0.2, 0.25) is 0 Å². The standard InChI is InChI=1S/C17H11FN2O2S/c1-23-16-4-5-20-9-11(7-15(20)19-16)13-6-10-2-3-12(18)8-14(10)22-17(13)21/h2-9H,1H3. The Hall–Kier alpha value is -2.60. The molecule has 3 aromatic heterocycles. The molecule has 0 bridgehead atoms. The molecule has 0 fully saturated rings. The maximum absolute atomic E-state index is 13.2. The van der Waals surface area contributed by atoms with Gasteiger partial charge in [0, 0.05) is 29.4 Å². The van der Waals surface area contributed by atoms with Gasteiger partial charge in [-0.3, -0.25) is 0 Å². The molecule has 0 radical (unpaired) electrons. The van der Waals surface area contributed by atoms with Crippen LogP contribution in [-0.4, -0.2) is 15.6 Å². The molecule has 0 aliphatic heterocycles. The Bertz CT molecular complexity index is 1100. The highest BCUT2D eigenvalue weighted by Crippen LogP contribution is 2.24. The van der Waals surface area contributed by atoms with Crippen LogP contribution in [0.4, 0.5) is 4.39 Å². The normalized spacial score (nSPS) is 11.4. The molecule has 4 aromatic rings. The van der Waals surface area contributed by atoms with Crippen molar-refractivity contribution < 1.29 is 8.81 Å². The lowest BCUT2D eigenvalue weighted by molar-refractivity contribution is 0.556. The second-order valence-corrected chi connectivity index (χ2v) is 5.92. The van der Waals surface area contributed by atoms with Gasteiger partial charge >= 0.3 is 5.63 Å². The van der Waals surface area contributed by atoms with E-state index >= 15 is 0 Å². The number of hydrogen-bond donors (Lipinski definition) is 0. The van der Waals surface area contributed by atoms with E-state index in [0.717, 1.165) is 16.2 Å². The Balaban J connectivity index is 1.92. The number of aromatic nitrogens is 2. The highest BCUT2D eigenvalue weighted by Gasteiger charge is 2.11. The molecule has 4 rings (SSSR count). The fraction of sp³-hybridized carbons (Fsp3) is 0.0588. The summed E-state index contributed by atoms with van der Waals surface area (Å²) < 4.78 is 20.3. The van der Waals surface area contributed by atoms with Crippen LogP contribution in [0.1, 0.15) is 0 Å². The van der Waals surface area contributed by atoms with E-state index in [1.807, 2.05) is 35.2 Å². The van der Waals surface area contributed by atoms with Crippen molar-refractivity contribution in [2.75, 3.05) is 6.26 Å². The summed E-state index contributed by atoms with van der Waals surface area (Å²) >= 11 is 1.55. The van der Waals surface area contributed by atoms with Crippen LogP contribution < -0.4 is 5.63 Å². The van der Waals surface area contributed by atoms with Gasteiger partial charge in [-0.05, 0) is 36.6 Å². The number of benzene rings is 1. The number of nitrogens with zero attached hydrogens (tertiary/aromatic N) is 2. The first-order valence-electron chi connectivity index (χ1n) is 6.90. The Labute approximate surface area is 134 Å². The summed E-state index contributed by atoms with van der Waals surface area (Å²) in [5.74, 6) is -0.434. The lowest BCUT2D eigenvalue weighted by Crippen LogP contribution is -2.02. The molecule has 0 amide bonds. The minimum absolute atomic E-state index is 0.241. The largest absolute Gasteiger partial charge is 0.422 e. The van der Waals surface area contributed by atoms with Crippen LogP contribution in [-0.2, 0) is 0 Å². The zero-order chi connectivity index (χ0) is 16.0. The second kappa shape index (κ2) is 5.24. The number of halogens is 1. The van der Waals surface area contributed by atoms with Crippen LogP contribution in [0.3, 0.4) is 0 Å². The number of fused-ring (bicyclic) bond motifs is 2. The van der Waals surface area contributed by atoms with Gasteiger partial charge in [-0.25, -0.2) is 14.2 Å². The van der Waals surface area contributed by atoms with Crippen LogP contribution >= 0.6 is 11.8 Å². The second-order valence-electron chi connectivity index (χ2n) is 5.09. The lowest BCUT2D eigenvalue weighted by Gasteiger charge is -2.00. The summed E-state index contributed by atoms with van der Waals surface area (Å²) in [6.07, 6.45) is 5.68. The van der Waals surface area contributed by atoms with Gasteiger partial charge in [-0.1, -0.05) is 0 Å². The number of thioether (sulfide) groups is 1. The molecule has 114 valence electrons. The zero-order valence-corrected chi connectivity index (χ0v) is 12.9. The van der Waals surface area contributed by atoms with Crippen LogP contribution in [0.5, 0.6) is 0 Å².